The summed E-state index contributed by atoms with van der Waals surface area (Å²) in [6, 6.07) is 89.4. The van der Waals surface area contributed by atoms with Gasteiger partial charge in [-0.05, 0) is 97.1 Å². The molecule has 0 saturated carbocycles. The minimum absolute atomic E-state index is 0.911. The van der Waals surface area contributed by atoms with E-state index in [1.807, 2.05) is 6.07 Å². The van der Waals surface area contributed by atoms with Gasteiger partial charge in [0.25, 0.3) is 0 Å². The molecule has 0 N–H and O–H groups in total. The predicted molar refractivity (Wildman–Crippen MR) is 271 cm³/mol. The highest BCUT2D eigenvalue weighted by Gasteiger charge is 2.19. The van der Waals surface area contributed by atoms with E-state index in [1.54, 1.807) is 0 Å². The molecule has 300 valence electrons. The zero-order valence-electron chi connectivity index (χ0n) is 35.0. The van der Waals surface area contributed by atoms with E-state index in [0.29, 0.717) is 0 Å². The van der Waals surface area contributed by atoms with Gasteiger partial charge in [0.2, 0.25) is 0 Å². The molecular weight excluding hydrogens is 775 g/mol. The quantitative estimate of drug-likeness (QED) is 0.142. The summed E-state index contributed by atoms with van der Waals surface area (Å²) in [6.07, 6.45) is 0. The summed E-state index contributed by atoms with van der Waals surface area (Å²) in [7, 11) is 0. The number of hydrogen-bond donors (Lipinski definition) is 0. The lowest BCUT2D eigenvalue weighted by Gasteiger charge is -2.28. The van der Waals surface area contributed by atoms with E-state index < -0.39 is 0 Å². The van der Waals surface area contributed by atoms with Crippen LogP contribution in [0.1, 0.15) is 0 Å². The normalized spacial score (nSPS) is 11.4. The molecule has 1 heterocycles. The molecule has 0 bridgehead atoms. The average molecular weight is 816 g/mol. The monoisotopic (exact) mass is 815 g/mol. The Morgan fingerprint density at radius 3 is 1.27 bits per heavy atom. The van der Waals surface area contributed by atoms with Crippen molar-refractivity contribution in [2.75, 3.05) is 4.90 Å². The third-order valence-corrected chi connectivity index (χ3v) is 12.7. The molecule has 0 aliphatic carbocycles. The van der Waals surface area contributed by atoms with Crippen LogP contribution in [0.15, 0.2) is 253 Å². The predicted octanol–water partition coefficient (Wildman–Crippen LogP) is 17.7. The maximum atomic E-state index is 6.76. The summed E-state index contributed by atoms with van der Waals surface area (Å²) in [5.41, 5.74) is 16.7. The third-order valence-electron chi connectivity index (χ3n) is 12.7. The van der Waals surface area contributed by atoms with Crippen LogP contribution >= 0.6 is 0 Å². The van der Waals surface area contributed by atoms with Crippen LogP contribution in [0.5, 0.6) is 0 Å². The van der Waals surface area contributed by atoms with E-state index >= 15 is 0 Å². The highest BCUT2D eigenvalue weighted by molar-refractivity contribution is 6.15. The van der Waals surface area contributed by atoms with Gasteiger partial charge in [-0.3, -0.25) is 0 Å². The number of nitrogens with zero attached hydrogens (tertiary/aromatic N) is 1. The van der Waals surface area contributed by atoms with Crippen molar-refractivity contribution in [2.24, 2.45) is 0 Å². The Bertz CT molecular complexity index is 3630. The lowest BCUT2D eigenvalue weighted by molar-refractivity contribution is 0.671. The van der Waals surface area contributed by atoms with Gasteiger partial charge in [-0.15, -0.1) is 0 Å². The van der Waals surface area contributed by atoms with Gasteiger partial charge in [0.05, 0.1) is 5.69 Å². The summed E-state index contributed by atoms with van der Waals surface area (Å²) in [6.45, 7) is 0. The standard InChI is InChI=1S/C62H41NO/c1-3-14-42(15-4-1)44-32-36-51(37-33-44)63(60-41-50-18-7-8-21-53(50)56-22-9-10-23-57(56)60)52-38-34-45(35-39-52)43-28-30-46(31-29-43)48-19-11-20-49(40-48)55-25-13-27-59-58-26-12-24-54(61(58)64-62(55)59)47-16-5-2-6-17-47/h1-41H. The first-order chi connectivity index (χ1) is 31.7. The van der Waals surface area contributed by atoms with Crippen LogP contribution in [0.25, 0.3) is 99.1 Å². The van der Waals surface area contributed by atoms with Crippen molar-refractivity contribution in [3.8, 4) is 55.6 Å². The van der Waals surface area contributed by atoms with E-state index in [2.05, 4.69) is 248 Å². The lowest BCUT2D eigenvalue weighted by Crippen LogP contribution is -2.10. The summed E-state index contributed by atoms with van der Waals surface area (Å²) in [4.78, 5) is 2.40. The number of rotatable bonds is 8. The highest BCUT2D eigenvalue weighted by atomic mass is 16.3. The average Bonchev–Trinajstić information content (AvgIpc) is 3.77. The van der Waals surface area contributed by atoms with E-state index in [0.717, 1.165) is 66.8 Å². The molecular formula is C62H41NO. The topological polar surface area (TPSA) is 16.4 Å². The maximum absolute atomic E-state index is 6.76. The molecule has 2 heteroatoms. The molecule has 12 rings (SSSR count). The van der Waals surface area contributed by atoms with E-state index in [-0.39, 0.29) is 0 Å². The minimum atomic E-state index is 0.911. The van der Waals surface area contributed by atoms with Gasteiger partial charge in [-0.1, -0.05) is 212 Å². The Morgan fingerprint density at radius 1 is 0.250 bits per heavy atom. The summed E-state index contributed by atoms with van der Waals surface area (Å²) >= 11 is 0. The van der Waals surface area contributed by atoms with Crippen molar-refractivity contribution in [2.45, 2.75) is 0 Å². The molecule has 0 aliphatic rings. The van der Waals surface area contributed by atoms with Crippen molar-refractivity contribution >= 4 is 60.5 Å². The second-order valence-corrected chi connectivity index (χ2v) is 16.4. The first-order valence-corrected chi connectivity index (χ1v) is 21.9. The molecule has 0 saturated heterocycles. The number of para-hydroxylation sites is 2. The van der Waals surface area contributed by atoms with Crippen LogP contribution in [-0.2, 0) is 0 Å². The molecule has 0 unspecified atom stereocenters. The fraction of sp³-hybridized carbons (Fsp3) is 0. The Labute approximate surface area is 372 Å². The molecule has 2 nitrogen and oxygen atoms in total. The van der Waals surface area contributed by atoms with Crippen LogP contribution in [0.3, 0.4) is 0 Å². The van der Waals surface area contributed by atoms with Crippen LogP contribution in [-0.4, -0.2) is 0 Å². The fourth-order valence-electron chi connectivity index (χ4n) is 9.50. The van der Waals surface area contributed by atoms with Gasteiger partial charge in [-0.2, -0.15) is 0 Å². The van der Waals surface area contributed by atoms with Gasteiger partial charge < -0.3 is 9.32 Å². The summed E-state index contributed by atoms with van der Waals surface area (Å²) in [5.74, 6) is 0. The second-order valence-electron chi connectivity index (χ2n) is 16.4. The van der Waals surface area contributed by atoms with Gasteiger partial charge in [-0.25, -0.2) is 0 Å². The molecule has 0 atom stereocenters. The largest absolute Gasteiger partial charge is 0.455 e. The first-order valence-electron chi connectivity index (χ1n) is 21.9. The molecule has 0 fully saturated rings. The smallest absolute Gasteiger partial charge is 0.143 e. The van der Waals surface area contributed by atoms with Crippen molar-refractivity contribution in [1.82, 2.24) is 0 Å². The van der Waals surface area contributed by atoms with Crippen molar-refractivity contribution < 1.29 is 4.42 Å². The van der Waals surface area contributed by atoms with Crippen LogP contribution in [0.4, 0.5) is 17.1 Å². The van der Waals surface area contributed by atoms with Crippen molar-refractivity contribution in [3.63, 3.8) is 0 Å². The Balaban J connectivity index is 0.877. The fourth-order valence-corrected chi connectivity index (χ4v) is 9.50. The van der Waals surface area contributed by atoms with Crippen LogP contribution in [0.2, 0.25) is 0 Å². The second kappa shape index (κ2) is 15.8. The molecule has 0 amide bonds. The van der Waals surface area contributed by atoms with Gasteiger partial charge >= 0.3 is 0 Å². The number of benzene rings is 11. The van der Waals surface area contributed by atoms with Gasteiger partial charge in [0.1, 0.15) is 11.2 Å². The SMILES string of the molecule is c1ccc(-c2ccc(N(c3ccc(-c4ccc(-c5cccc(-c6cccc7c6oc6c(-c8ccccc8)cccc67)c5)cc4)cc3)c3cc4ccccc4c4ccccc34)cc2)cc1. The number of hydrogen-bond acceptors (Lipinski definition) is 2. The Hall–Kier alpha value is -8.46. The number of anilines is 3. The van der Waals surface area contributed by atoms with E-state index in [9.17, 15) is 0 Å². The van der Waals surface area contributed by atoms with Crippen molar-refractivity contribution in [3.05, 3.63) is 249 Å². The Morgan fingerprint density at radius 2 is 0.656 bits per heavy atom. The van der Waals surface area contributed by atoms with E-state index in [4.69, 9.17) is 4.42 Å². The zero-order valence-corrected chi connectivity index (χ0v) is 35.0. The first kappa shape index (κ1) is 37.3. The molecule has 1 aromatic heterocycles. The molecule has 12 aromatic rings. The number of furan rings is 1. The van der Waals surface area contributed by atoms with Gasteiger partial charge in [0.15, 0.2) is 0 Å². The Kier molecular flexibility index (Phi) is 9.20. The molecule has 0 aliphatic heterocycles. The number of fused-ring (bicyclic) bond motifs is 6. The van der Waals surface area contributed by atoms with E-state index in [1.165, 1.54) is 49.4 Å². The van der Waals surface area contributed by atoms with Crippen LogP contribution in [0, 0.1) is 0 Å². The summed E-state index contributed by atoms with van der Waals surface area (Å²) in [5, 5.41) is 7.18. The molecule has 0 radical (unpaired) electrons. The van der Waals surface area contributed by atoms with Gasteiger partial charge in [0, 0.05) is 38.7 Å². The van der Waals surface area contributed by atoms with Crippen molar-refractivity contribution in [1.29, 1.82) is 0 Å². The van der Waals surface area contributed by atoms with Crippen LogP contribution < -0.4 is 4.90 Å². The maximum Gasteiger partial charge on any atom is 0.143 e. The molecule has 0 spiro atoms. The minimum Gasteiger partial charge on any atom is -0.455 e. The third kappa shape index (κ3) is 6.61. The zero-order chi connectivity index (χ0) is 42.4. The lowest BCUT2D eigenvalue weighted by atomic mass is 9.96. The molecule has 64 heavy (non-hydrogen) atoms. The summed E-state index contributed by atoms with van der Waals surface area (Å²) < 4.78 is 6.76. The highest BCUT2D eigenvalue weighted by Crippen LogP contribution is 2.44. The molecule has 11 aromatic carbocycles.